The highest BCUT2D eigenvalue weighted by molar-refractivity contribution is 9.10. The maximum atomic E-state index is 13.9. The zero-order chi connectivity index (χ0) is 15.2. The summed E-state index contributed by atoms with van der Waals surface area (Å²) >= 11 is 3.53. The first kappa shape index (κ1) is 16.1. The number of benzene rings is 2. The Morgan fingerprint density at radius 2 is 1.86 bits per heavy atom. The summed E-state index contributed by atoms with van der Waals surface area (Å²) in [4.78, 5) is 0. The number of hydrogen-bond acceptors (Lipinski definition) is 1. The Labute approximate surface area is 132 Å². The SMILES string of the molecule is CCCNC(Cc1cccc(F)c1F)c1ccccc1Br. The van der Waals surface area contributed by atoms with Crippen molar-refractivity contribution in [3.05, 3.63) is 69.7 Å². The molecule has 0 saturated heterocycles. The van der Waals surface area contributed by atoms with Crippen LogP contribution in [0.15, 0.2) is 46.9 Å². The highest BCUT2D eigenvalue weighted by Crippen LogP contribution is 2.27. The summed E-state index contributed by atoms with van der Waals surface area (Å²) in [6.45, 7) is 2.90. The van der Waals surface area contributed by atoms with E-state index in [2.05, 4.69) is 28.2 Å². The first-order chi connectivity index (χ1) is 10.1. The Bertz CT molecular complexity index is 601. The van der Waals surface area contributed by atoms with Crippen molar-refractivity contribution in [3.8, 4) is 0 Å². The van der Waals surface area contributed by atoms with Crippen LogP contribution in [0.2, 0.25) is 0 Å². The molecule has 2 rings (SSSR count). The van der Waals surface area contributed by atoms with Gasteiger partial charge in [0.1, 0.15) is 0 Å². The van der Waals surface area contributed by atoms with Gasteiger partial charge < -0.3 is 5.32 Å². The first-order valence-electron chi connectivity index (χ1n) is 7.04. The average molecular weight is 354 g/mol. The molecule has 0 fully saturated rings. The van der Waals surface area contributed by atoms with Gasteiger partial charge in [-0.05, 0) is 42.6 Å². The Morgan fingerprint density at radius 1 is 1.10 bits per heavy atom. The van der Waals surface area contributed by atoms with Crippen LogP contribution in [0, 0.1) is 11.6 Å². The maximum absolute atomic E-state index is 13.9. The predicted molar refractivity (Wildman–Crippen MR) is 85.2 cm³/mol. The van der Waals surface area contributed by atoms with Gasteiger partial charge >= 0.3 is 0 Å². The first-order valence-corrected chi connectivity index (χ1v) is 7.83. The van der Waals surface area contributed by atoms with E-state index in [1.54, 1.807) is 12.1 Å². The van der Waals surface area contributed by atoms with Crippen molar-refractivity contribution in [2.45, 2.75) is 25.8 Å². The summed E-state index contributed by atoms with van der Waals surface area (Å²) in [5, 5.41) is 3.40. The fourth-order valence-corrected chi connectivity index (χ4v) is 2.86. The van der Waals surface area contributed by atoms with E-state index < -0.39 is 11.6 Å². The van der Waals surface area contributed by atoms with E-state index in [-0.39, 0.29) is 6.04 Å². The lowest BCUT2D eigenvalue weighted by atomic mass is 9.98. The van der Waals surface area contributed by atoms with Crippen molar-refractivity contribution in [1.29, 1.82) is 0 Å². The molecule has 1 nitrogen and oxygen atoms in total. The number of halogens is 3. The summed E-state index contributed by atoms with van der Waals surface area (Å²) in [7, 11) is 0. The number of hydrogen-bond donors (Lipinski definition) is 1. The van der Waals surface area contributed by atoms with Crippen LogP contribution in [-0.4, -0.2) is 6.54 Å². The van der Waals surface area contributed by atoms with Gasteiger partial charge in [-0.25, -0.2) is 8.78 Å². The zero-order valence-corrected chi connectivity index (χ0v) is 13.5. The molecule has 2 aromatic carbocycles. The minimum atomic E-state index is -0.797. The summed E-state index contributed by atoms with van der Waals surface area (Å²) in [6, 6.07) is 12.1. The van der Waals surface area contributed by atoms with Crippen LogP contribution in [0.5, 0.6) is 0 Å². The lowest BCUT2D eigenvalue weighted by Gasteiger charge is -2.21. The van der Waals surface area contributed by atoms with Gasteiger partial charge in [0.2, 0.25) is 0 Å². The quantitative estimate of drug-likeness (QED) is 0.769. The van der Waals surface area contributed by atoms with Crippen LogP contribution in [0.25, 0.3) is 0 Å². The molecular weight excluding hydrogens is 336 g/mol. The second kappa shape index (κ2) is 7.66. The maximum Gasteiger partial charge on any atom is 0.162 e. The van der Waals surface area contributed by atoms with E-state index in [9.17, 15) is 8.78 Å². The molecule has 0 aliphatic heterocycles. The van der Waals surface area contributed by atoms with Crippen molar-refractivity contribution < 1.29 is 8.78 Å². The van der Waals surface area contributed by atoms with Gasteiger partial charge in [0.25, 0.3) is 0 Å². The fourth-order valence-electron chi connectivity index (χ4n) is 2.29. The van der Waals surface area contributed by atoms with Crippen LogP contribution >= 0.6 is 15.9 Å². The molecule has 0 aliphatic carbocycles. The Kier molecular flexibility index (Phi) is 5.88. The topological polar surface area (TPSA) is 12.0 Å². The van der Waals surface area contributed by atoms with E-state index in [1.165, 1.54) is 0 Å². The van der Waals surface area contributed by atoms with Crippen molar-refractivity contribution in [2.75, 3.05) is 6.54 Å². The second-order valence-corrected chi connectivity index (χ2v) is 5.80. The number of nitrogens with one attached hydrogen (secondary N) is 1. The largest absolute Gasteiger partial charge is 0.310 e. The minimum Gasteiger partial charge on any atom is -0.310 e. The molecule has 0 aromatic heterocycles. The molecule has 0 aliphatic rings. The zero-order valence-electron chi connectivity index (χ0n) is 11.9. The lowest BCUT2D eigenvalue weighted by molar-refractivity contribution is 0.476. The smallest absolute Gasteiger partial charge is 0.162 e. The van der Waals surface area contributed by atoms with Crippen LogP contribution in [0.4, 0.5) is 8.78 Å². The van der Waals surface area contributed by atoms with Gasteiger partial charge in [-0.15, -0.1) is 0 Å². The minimum absolute atomic E-state index is 0.0585. The Balaban J connectivity index is 2.28. The van der Waals surface area contributed by atoms with Crippen LogP contribution < -0.4 is 5.32 Å². The van der Waals surface area contributed by atoms with Crippen LogP contribution in [0.1, 0.15) is 30.5 Å². The molecule has 0 saturated carbocycles. The molecule has 1 N–H and O–H groups in total. The van der Waals surface area contributed by atoms with Gasteiger partial charge in [-0.3, -0.25) is 0 Å². The summed E-state index contributed by atoms with van der Waals surface area (Å²) < 4.78 is 28.2. The monoisotopic (exact) mass is 353 g/mol. The molecule has 0 spiro atoms. The Morgan fingerprint density at radius 3 is 2.57 bits per heavy atom. The van der Waals surface area contributed by atoms with E-state index in [1.807, 2.05) is 24.3 Å². The normalized spacial score (nSPS) is 12.4. The van der Waals surface area contributed by atoms with Gasteiger partial charge in [-0.1, -0.05) is 53.2 Å². The third-order valence-electron chi connectivity index (χ3n) is 3.38. The van der Waals surface area contributed by atoms with E-state index in [0.29, 0.717) is 12.0 Å². The van der Waals surface area contributed by atoms with Crippen LogP contribution in [0.3, 0.4) is 0 Å². The lowest BCUT2D eigenvalue weighted by Crippen LogP contribution is -2.25. The molecule has 2 aromatic rings. The molecule has 0 heterocycles. The summed E-state index contributed by atoms with van der Waals surface area (Å²) in [5.41, 5.74) is 1.44. The molecule has 0 radical (unpaired) electrons. The third kappa shape index (κ3) is 4.11. The van der Waals surface area contributed by atoms with Crippen molar-refractivity contribution in [3.63, 3.8) is 0 Å². The van der Waals surface area contributed by atoms with Gasteiger partial charge in [0, 0.05) is 10.5 Å². The average Bonchev–Trinajstić information content (AvgIpc) is 2.48. The fraction of sp³-hybridized carbons (Fsp3) is 0.294. The van der Waals surface area contributed by atoms with E-state index >= 15 is 0 Å². The van der Waals surface area contributed by atoms with Crippen molar-refractivity contribution in [2.24, 2.45) is 0 Å². The predicted octanol–water partition coefficient (Wildman–Crippen LogP) is 5.01. The van der Waals surface area contributed by atoms with E-state index in [0.717, 1.165) is 29.1 Å². The van der Waals surface area contributed by atoms with Gasteiger partial charge in [0.05, 0.1) is 0 Å². The molecule has 21 heavy (non-hydrogen) atoms. The van der Waals surface area contributed by atoms with Crippen LogP contribution in [-0.2, 0) is 6.42 Å². The molecule has 4 heteroatoms. The Hall–Kier alpha value is -1.26. The van der Waals surface area contributed by atoms with Gasteiger partial charge in [0.15, 0.2) is 11.6 Å². The third-order valence-corrected chi connectivity index (χ3v) is 4.10. The van der Waals surface area contributed by atoms with Crippen molar-refractivity contribution >= 4 is 15.9 Å². The molecule has 112 valence electrons. The highest BCUT2D eigenvalue weighted by atomic mass is 79.9. The second-order valence-electron chi connectivity index (χ2n) is 4.95. The molecule has 1 atom stereocenters. The van der Waals surface area contributed by atoms with Crippen molar-refractivity contribution in [1.82, 2.24) is 5.32 Å². The molecular formula is C17H18BrF2N. The highest BCUT2D eigenvalue weighted by Gasteiger charge is 2.17. The summed E-state index contributed by atoms with van der Waals surface area (Å²) in [6.07, 6.45) is 1.39. The molecule has 1 unspecified atom stereocenters. The number of rotatable bonds is 6. The summed E-state index contributed by atoms with van der Waals surface area (Å²) in [5.74, 6) is -1.55. The molecule has 0 bridgehead atoms. The van der Waals surface area contributed by atoms with Gasteiger partial charge in [-0.2, -0.15) is 0 Å². The molecule has 0 amide bonds. The van der Waals surface area contributed by atoms with E-state index in [4.69, 9.17) is 0 Å². The standard InChI is InChI=1S/C17H18BrF2N/c1-2-10-21-16(13-7-3-4-8-14(13)18)11-12-6-5-9-15(19)17(12)20/h3-9,16,21H,2,10-11H2,1H3.